The number of rotatable bonds is 17. The second-order valence-electron chi connectivity index (χ2n) is 16.4. The van der Waals surface area contributed by atoms with Gasteiger partial charge in [-0.05, 0) is 124 Å². The minimum absolute atomic E-state index is 0.0194. The van der Waals surface area contributed by atoms with Crippen LogP contribution in [0.3, 0.4) is 0 Å². The predicted octanol–water partition coefficient (Wildman–Crippen LogP) is 6.35. The first-order chi connectivity index (χ1) is 25.9. The van der Waals surface area contributed by atoms with E-state index >= 15 is 0 Å². The van der Waals surface area contributed by atoms with Crippen molar-refractivity contribution in [1.82, 2.24) is 15.1 Å². The maximum atomic E-state index is 14.7. The largest absolute Gasteiger partial charge is 0.496 e. The predicted molar refractivity (Wildman–Crippen MR) is 208 cm³/mol. The highest BCUT2D eigenvalue weighted by Crippen LogP contribution is 2.59. The number of nitrogens with one attached hydrogen (secondary N) is 2. The summed E-state index contributed by atoms with van der Waals surface area (Å²) in [5, 5.41) is 11.8. The summed E-state index contributed by atoms with van der Waals surface area (Å²) < 4.78 is 30.7. The van der Waals surface area contributed by atoms with Gasteiger partial charge in [-0.1, -0.05) is 19.9 Å². The third-order valence-corrected chi connectivity index (χ3v) is 11.2. The summed E-state index contributed by atoms with van der Waals surface area (Å²) in [6, 6.07) is 13.5. The van der Waals surface area contributed by atoms with Crippen LogP contribution in [0.2, 0.25) is 0 Å². The quantitative estimate of drug-likeness (QED) is 0.106. The molecule has 2 aromatic carbocycles. The number of hydrogen-bond donors (Lipinski definition) is 3. The molecule has 0 atom stereocenters. The van der Waals surface area contributed by atoms with Crippen molar-refractivity contribution in [2.75, 3.05) is 59.1 Å². The van der Waals surface area contributed by atoms with Crippen LogP contribution in [0.25, 0.3) is 16.9 Å². The lowest BCUT2D eigenvalue weighted by Crippen LogP contribution is -2.71. The lowest BCUT2D eigenvalue weighted by molar-refractivity contribution is -0.180. The third-order valence-electron chi connectivity index (χ3n) is 11.2. The average Bonchev–Trinajstić information content (AvgIpc) is 3.57. The van der Waals surface area contributed by atoms with Crippen molar-refractivity contribution in [3.8, 4) is 28.4 Å². The van der Waals surface area contributed by atoms with E-state index in [0.29, 0.717) is 74.1 Å². The highest BCUT2D eigenvalue weighted by Gasteiger charge is 2.63. The zero-order valence-electron chi connectivity index (χ0n) is 33.0. The molecular formula is C42H59N5O7. The molecule has 4 aliphatic rings. The first kappa shape index (κ1) is 39.6. The van der Waals surface area contributed by atoms with E-state index in [2.05, 4.69) is 30.5 Å². The Hall–Kier alpha value is -4.13. The Labute approximate surface area is 319 Å². The van der Waals surface area contributed by atoms with Crippen LogP contribution < -0.4 is 25.8 Å². The molecule has 0 spiro atoms. The molecule has 54 heavy (non-hydrogen) atoms. The van der Waals surface area contributed by atoms with Gasteiger partial charge in [-0.25, -0.2) is 9.48 Å². The van der Waals surface area contributed by atoms with Crippen LogP contribution in [0, 0.1) is 23.7 Å². The third kappa shape index (κ3) is 8.25. The van der Waals surface area contributed by atoms with Crippen molar-refractivity contribution < 1.29 is 33.3 Å². The van der Waals surface area contributed by atoms with Crippen LogP contribution in [0.15, 0.2) is 42.5 Å². The number of nitrogens with zero attached hydrogens (tertiary/aromatic N) is 2. The second kappa shape index (κ2) is 16.7. The SMILES string of the molecule is COc1cccc(OC)c1-c1cc(C(=O)NC2(C(=O)OC(C)(C)C)C3CC4CC(C3)CC2C4)nn1-c1ccc(NCCOCCOCCN)cc1C(C)C. The molecule has 0 aliphatic heterocycles. The Morgan fingerprint density at radius 2 is 1.54 bits per heavy atom. The standard InChI is InChI=1S/C42H59N5O7/c1-26(2)32-24-31(44-14-16-53-18-17-52-15-13-43)11-12-34(32)47-35(38-36(50-6)9-8-10-37(38)51-7)25-33(46-47)39(48)45-42(40(49)54-41(3,4)5)29-20-27-19-28(22-29)23-30(42)21-27/h8-12,24-30,44H,13-23,43H2,1-7H3,(H,45,48). The van der Waals surface area contributed by atoms with Crippen LogP contribution in [-0.4, -0.2) is 86.5 Å². The van der Waals surface area contributed by atoms with Crippen molar-refractivity contribution in [2.24, 2.45) is 29.4 Å². The van der Waals surface area contributed by atoms with Crippen molar-refractivity contribution in [3.63, 3.8) is 0 Å². The van der Waals surface area contributed by atoms with E-state index in [9.17, 15) is 9.59 Å². The fourth-order valence-corrected chi connectivity index (χ4v) is 9.08. The monoisotopic (exact) mass is 745 g/mol. The van der Waals surface area contributed by atoms with Gasteiger partial charge in [0.1, 0.15) is 22.6 Å². The minimum Gasteiger partial charge on any atom is -0.496 e. The van der Waals surface area contributed by atoms with Crippen LogP contribution in [-0.2, 0) is 19.0 Å². The Morgan fingerprint density at radius 3 is 2.11 bits per heavy atom. The number of methoxy groups -OCH3 is 2. The zero-order chi connectivity index (χ0) is 38.6. The molecule has 0 radical (unpaired) electrons. The highest BCUT2D eigenvalue weighted by molar-refractivity contribution is 5.98. The summed E-state index contributed by atoms with van der Waals surface area (Å²) in [5.41, 5.74) is 7.92. The molecule has 1 heterocycles. The van der Waals surface area contributed by atoms with Gasteiger partial charge in [0.15, 0.2) is 5.69 Å². The molecule has 1 amide bonds. The molecular weight excluding hydrogens is 686 g/mol. The highest BCUT2D eigenvalue weighted by atomic mass is 16.6. The number of ether oxygens (including phenoxy) is 5. The second-order valence-corrected chi connectivity index (χ2v) is 16.4. The molecule has 294 valence electrons. The summed E-state index contributed by atoms with van der Waals surface area (Å²) in [4.78, 5) is 29.0. The normalized spacial score (nSPS) is 23.1. The van der Waals surface area contributed by atoms with E-state index < -0.39 is 17.0 Å². The summed E-state index contributed by atoms with van der Waals surface area (Å²) in [6.45, 7) is 13.1. The van der Waals surface area contributed by atoms with Crippen molar-refractivity contribution in [1.29, 1.82) is 0 Å². The van der Waals surface area contributed by atoms with Gasteiger partial charge < -0.3 is 40.1 Å². The van der Waals surface area contributed by atoms with Crippen LogP contribution in [0.1, 0.15) is 88.7 Å². The topological polar surface area (TPSA) is 148 Å². The summed E-state index contributed by atoms with van der Waals surface area (Å²) in [7, 11) is 3.22. The van der Waals surface area contributed by atoms with Gasteiger partial charge in [-0.15, -0.1) is 0 Å². The number of carbonyl (C=O) groups is 2. The maximum absolute atomic E-state index is 14.7. The molecule has 4 aliphatic carbocycles. The minimum atomic E-state index is -1.11. The Balaban J connectivity index is 1.36. The summed E-state index contributed by atoms with van der Waals surface area (Å²) in [5.74, 6) is 1.73. The molecule has 4 saturated carbocycles. The van der Waals surface area contributed by atoms with E-state index in [1.165, 1.54) is 6.42 Å². The number of benzene rings is 2. The maximum Gasteiger partial charge on any atom is 0.332 e. The van der Waals surface area contributed by atoms with E-state index in [0.717, 1.165) is 42.6 Å². The summed E-state index contributed by atoms with van der Waals surface area (Å²) in [6.07, 6.45) is 4.87. The molecule has 0 unspecified atom stereocenters. The van der Waals surface area contributed by atoms with Gasteiger partial charge in [-0.3, -0.25) is 4.79 Å². The fourth-order valence-electron chi connectivity index (χ4n) is 9.08. The van der Waals surface area contributed by atoms with Crippen LogP contribution in [0.5, 0.6) is 11.5 Å². The first-order valence-corrected chi connectivity index (χ1v) is 19.5. The van der Waals surface area contributed by atoms with Gasteiger partial charge in [0, 0.05) is 18.8 Å². The van der Waals surface area contributed by atoms with Gasteiger partial charge in [0.2, 0.25) is 0 Å². The Kier molecular flexibility index (Phi) is 12.2. The first-order valence-electron chi connectivity index (χ1n) is 19.5. The Morgan fingerprint density at radius 1 is 0.907 bits per heavy atom. The Bertz CT molecular complexity index is 1730. The number of hydrogen-bond acceptors (Lipinski definition) is 10. The fraction of sp³-hybridized carbons (Fsp3) is 0.595. The lowest BCUT2D eigenvalue weighted by Gasteiger charge is -2.59. The molecule has 4 N–H and O–H groups in total. The van der Waals surface area contributed by atoms with Crippen molar-refractivity contribution >= 4 is 17.6 Å². The van der Waals surface area contributed by atoms with E-state index in [1.54, 1.807) is 25.0 Å². The summed E-state index contributed by atoms with van der Waals surface area (Å²) >= 11 is 0. The molecule has 12 nitrogen and oxygen atoms in total. The molecule has 4 bridgehead atoms. The molecule has 1 aromatic heterocycles. The number of anilines is 1. The molecule has 3 aromatic rings. The van der Waals surface area contributed by atoms with Crippen molar-refractivity contribution in [2.45, 2.75) is 83.8 Å². The van der Waals surface area contributed by atoms with E-state index in [-0.39, 0.29) is 29.4 Å². The van der Waals surface area contributed by atoms with Gasteiger partial charge in [-0.2, -0.15) is 5.10 Å². The number of amides is 1. The lowest BCUT2D eigenvalue weighted by atomic mass is 9.48. The number of aromatic nitrogens is 2. The van der Waals surface area contributed by atoms with E-state index in [1.807, 2.05) is 51.1 Å². The molecule has 4 fully saturated rings. The molecule has 7 rings (SSSR count). The van der Waals surface area contributed by atoms with Crippen molar-refractivity contribution in [3.05, 3.63) is 53.7 Å². The van der Waals surface area contributed by atoms with E-state index in [4.69, 9.17) is 34.5 Å². The number of carbonyl (C=O) groups excluding carboxylic acids is 2. The van der Waals surface area contributed by atoms with Gasteiger partial charge >= 0.3 is 5.97 Å². The number of nitrogens with two attached hydrogens (primary N) is 1. The zero-order valence-corrected chi connectivity index (χ0v) is 33.0. The average molecular weight is 746 g/mol. The van der Waals surface area contributed by atoms with Crippen LogP contribution >= 0.6 is 0 Å². The van der Waals surface area contributed by atoms with Gasteiger partial charge in [0.25, 0.3) is 5.91 Å². The number of esters is 1. The van der Waals surface area contributed by atoms with Crippen LogP contribution in [0.4, 0.5) is 5.69 Å². The smallest absolute Gasteiger partial charge is 0.332 e. The van der Waals surface area contributed by atoms with Gasteiger partial charge in [0.05, 0.1) is 57.6 Å². The molecule has 0 saturated heterocycles. The molecule has 12 heteroatoms.